The Morgan fingerprint density at radius 2 is 2.04 bits per heavy atom. The first kappa shape index (κ1) is 18.9. The first-order valence-corrected chi connectivity index (χ1v) is 7.47. The molecular formula is C16H19F2NO6. The summed E-state index contributed by atoms with van der Waals surface area (Å²) in [5.74, 6) is -1.63. The minimum absolute atomic E-state index is 0.00337. The highest BCUT2D eigenvalue weighted by atomic mass is 19.3. The zero-order valence-electron chi connectivity index (χ0n) is 13.8. The molecule has 25 heavy (non-hydrogen) atoms. The third-order valence-corrected chi connectivity index (χ3v) is 4.14. The molecule has 1 aliphatic rings. The predicted octanol–water partition coefficient (Wildman–Crippen LogP) is 1.86. The van der Waals surface area contributed by atoms with Gasteiger partial charge in [-0.2, -0.15) is 8.78 Å². The van der Waals surface area contributed by atoms with E-state index in [0.29, 0.717) is 0 Å². The number of hydrogen-bond donors (Lipinski definition) is 1. The summed E-state index contributed by atoms with van der Waals surface area (Å²) in [4.78, 5) is 25.5. The molecule has 1 fully saturated rings. The number of benzene rings is 1. The van der Waals surface area contributed by atoms with Crippen molar-refractivity contribution in [2.24, 2.45) is 5.41 Å². The van der Waals surface area contributed by atoms with Crippen LogP contribution in [0.25, 0.3) is 0 Å². The quantitative estimate of drug-likeness (QED) is 0.800. The number of hydrogen-bond acceptors (Lipinski definition) is 5. The van der Waals surface area contributed by atoms with E-state index >= 15 is 0 Å². The molecule has 0 aliphatic carbocycles. The maximum absolute atomic E-state index is 12.6. The molecule has 1 amide bonds. The molecule has 0 saturated carbocycles. The van der Waals surface area contributed by atoms with Gasteiger partial charge in [0.05, 0.1) is 13.7 Å². The van der Waals surface area contributed by atoms with Crippen molar-refractivity contribution in [2.75, 3.05) is 33.9 Å². The number of halogens is 2. The minimum Gasteiger partial charge on any atom is -0.493 e. The van der Waals surface area contributed by atoms with Gasteiger partial charge < -0.3 is 24.2 Å². The Balaban J connectivity index is 2.19. The van der Waals surface area contributed by atoms with Crippen LogP contribution in [0.3, 0.4) is 0 Å². The van der Waals surface area contributed by atoms with Crippen molar-refractivity contribution in [3.8, 4) is 11.5 Å². The normalized spacial score (nSPS) is 20.0. The van der Waals surface area contributed by atoms with E-state index in [-0.39, 0.29) is 43.2 Å². The average Bonchev–Trinajstić information content (AvgIpc) is 3.00. The van der Waals surface area contributed by atoms with Gasteiger partial charge in [-0.3, -0.25) is 9.59 Å². The number of ether oxygens (including phenoxy) is 3. The predicted molar refractivity (Wildman–Crippen MR) is 82.1 cm³/mol. The van der Waals surface area contributed by atoms with Crippen molar-refractivity contribution in [1.82, 2.24) is 4.90 Å². The molecule has 1 unspecified atom stereocenters. The van der Waals surface area contributed by atoms with Crippen molar-refractivity contribution >= 4 is 11.9 Å². The molecule has 138 valence electrons. The number of alkyl halides is 2. The summed E-state index contributed by atoms with van der Waals surface area (Å²) >= 11 is 0. The molecule has 1 saturated heterocycles. The number of amides is 1. The van der Waals surface area contributed by atoms with Gasteiger partial charge in [-0.1, -0.05) is 0 Å². The monoisotopic (exact) mass is 359 g/mol. The third-order valence-electron chi connectivity index (χ3n) is 4.14. The summed E-state index contributed by atoms with van der Waals surface area (Å²) in [6.07, 6.45) is 0.269. The smallest absolute Gasteiger partial charge is 0.387 e. The van der Waals surface area contributed by atoms with E-state index in [9.17, 15) is 23.5 Å². The summed E-state index contributed by atoms with van der Waals surface area (Å²) in [6, 6.07) is 3.84. The van der Waals surface area contributed by atoms with Crippen LogP contribution in [0.4, 0.5) is 8.78 Å². The van der Waals surface area contributed by atoms with E-state index in [1.54, 1.807) is 0 Å². The topological polar surface area (TPSA) is 85.3 Å². The molecule has 1 atom stereocenters. The Hall–Kier alpha value is -2.42. The Labute approximate surface area is 143 Å². The fourth-order valence-electron chi connectivity index (χ4n) is 2.85. The molecule has 1 aliphatic heterocycles. The summed E-state index contributed by atoms with van der Waals surface area (Å²) in [6.45, 7) is -2.76. The van der Waals surface area contributed by atoms with Gasteiger partial charge in [0.15, 0.2) is 11.5 Å². The first-order valence-electron chi connectivity index (χ1n) is 7.47. The Morgan fingerprint density at radius 3 is 2.60 bits per heavy atom. The lowest BCUT2D eigenvalue weighted by atomic mass is 9.88. The second-order valence-corrected chi connectivity index (χ2v) is 5.74. The van der Waals surface area contributed by atoms with Gasteiger partial charge in [-0.25, -0.2) is 0 Å². The van der Waals surface area contributed by atoms with E-state index in [4.69, 9.17) is 9.47 Å². The summed E-state index contributed by atoms with van der Waals surface area (Å²) < 4.78 is 39.0. The average molecular weight is 359 g/mol. The Morgan fingerprint density at radius 1 is 1.32 bits per heavy atom. The van der Waals surface area contributed by atoms with Crippen LogP contribution in [0.15, 0.2) is 18.2 Å². The lowest BCUT2D eigenvalue weighted by Gasteiger charge is -2.24. The van der Waals surface area contributed by atoms with Crippen molar-refractivity contribution < 1.29 is 37.7 Å². The fourth-order valence-corrected chi connectivity index (χ4v) is 2.85. The number of carbonyl (C=O) groups is 2. The second-order valence-electron chi connectivity index (χ2n) is 5.74. The summed E-state index contributed by atoms with van der Waals surface area (Å²) in [5.41, 5.74) is -0.954. The van der Waals surface area contributed by atoms with E-state index in [1.165, 1.54) is 37.3 Å². The number of methoxy groups -OCH3 is 2. The zero-order valence-corrected chi connectivity index (χ0v) is 13.8. The SMILES string of the molecule is COCC1(C(=O)O)CCN(C(=O)c2ccc(OC(F)F)c(OC)c2)C1. The number of carboxylic acid groups (broad SMARTS) is 1. The lowest BCUT2D eigenvalue weighted by Crippen LogP contribution is -2.40. The standard InChI is InChI=1S/C16H19F2NO6/c1-23-9-16(14(21)22)5-6-19(8-16)13(20)10-3-4-11(25-15(17)18)12(7-10)24-2/h3-4,7,15H,5-6,8-9H2,1-2H3,(H,21,22). The minimum atomic E-state index is -3.01. The second kappa shape index (κ2) is 7.64. The van der Waals surface area contributed by atoms with E-state index in [0.717, 1.165) is 0 Å². The van der Waals surface area contributed by atoms with Crippen LogP contribution in [0.2, 0.25) is 0 Å². The number of aliphatic carboxylic acids is 1. The number of carbonyl (C=O) groups excluding carboxylic acids is 1. The van der Waals surface area contributed by atoms with Crippen LogP contribution in [0, 0.1) is 5.41 Å². The molecule has 1 aromatic carbocycles. The highest BCUT2D eigenvalue weighted by Crippen LogP contribution is 2.34. The third kappa shape index (κ3) is 3.98. The molecule has 9 heteroatoms. The number of likely N-dealkylation sites (tertiary alicyclic amines) is 1. The summed E-state index contributed by atoms with van der Waals surface area (Å²) in [7, 11) is 2.67. The maximum Gasteiger partial charge on any atom is 0.387 e. The van der Waals surface area contributed by atoms with Crippen molar-refractivity contribution in [3.63, 3.8) is 0 Å². The van der Waals surface area contributed by atoms with Gasteiger partial charge in [-0.15, -0.1) is 0 Å². The van der Waals surface area contributed by atoms with Gasteiger partial charge in [0.1, 0.15) is 5.41 Å². The van der Waals surface area contributed by atoms with Crippen molar-refractivity contribution in [2.45, 2.75) is 13.0 Å². The number of carboxylic acids is 1. The molecule has 0 aromatic heterocycles. The van der Waals surface area contributed by atoms with Crippen LogP contribution in [-0.4, -0.2) is 62.4 Å². The molecule has 1 heterocycles. The molecule has 0 radical (unpaired) electrons. The van der Waals surface area contributed by atoms with E-state index in [1.807, 2.05) is 0 Å². The van der Waals surface area contributed by atoms with Gasteiger partial charge >= 0.3 is 12.6 Å². The first-order chi connectivity index (χ1) is 11.8. The molecule has 0 bridgehead atoms. The molecule has 1 N–H and O–H groups in total. The molecular weight excluding hydrogens is 340 g/mol. The Kier molecular flexibility index (Phi) is 5.78. The Bertz CT molecular complexity index is 654. The highest BCUT2D eigenvalue weighted by molar-refractivity contribution is 5.95. The maximum atomic E-state index is 12.6. The molecule has 1 aromatic rings. The van der Waals surface area contributed by atoms with E-state index < -0.39 is 23.9 Å². The van der Waals surface area contributed by atoms with Gasteiger partial charge in [-0.05, 0) is 24.6 Å². The largest absolute Gasteiger partial charge is 0.493 e. The number of rotatable bonds is 7. The van der Waals surface area contributed by atoms with Crippen LogP contribution in [-0.2, 0) is 9.53 Å². The summed E-state index contributed by atoms with van der Waals surface area (Å²) in [5, 5.41) is 9.44. The van der Waals surface area contributed by atoms with Crippen LogP contribution in [0.1, 0.15) is 16.8 Å². The highest BCUT2D eigenvalue weighted by Gasteiger charge is 2.46. The van der Waals surface area contributed by atoms with Crippen LogP contribution in [0.5, 0.6) is 11.5 Å². The fraction of sp³-hybridized carbons (Fsp3) is 0.500. The van der Waals surface area contributed by atoms with Crippen LogP contribution < -0.4 is 9.47 Å². The van der Waals surface area contributed by atoms with Gasteiger partial charge in [0.2, 0.25) is 0 Å². The molecule has 7 nitrogen and oxygen atoms in total. The van der Waals surface area contributed by atoms with Crippen LogP contribution >= 0.6 is 0 Å². The van der Waals surface area contributed by atoms with Gasteiger partial charge in [0.25, 0.3) is 5.91 Å². The number of nitrogens with zero attached hydrogens (tertiary/aromatic N) is 1. The van der Waals surface area contributed by atoms with Gasteiger partial charge in [0, 0.05) is 25.8 Å². The molecule has 2 rings (SSSR count). The van der Waals surface area contributed by atoms with Crippen molar-refractivity contribution in [1.29, 1.82) is 0 Å². The lowest BCUT2D eigenvalue weighted by molar-refractivity contribution is -0.151. The van der Waals surface area contributed by atoms with E-state index in [2.05, 4.69) is 4.74 Å². The van der Waals surface area contributed by atoms with Crippen molar-refractivity contribution in [3.05, 3.63) is 23.8 Å². The molecule has 0 spiro atoms. The zero-order chi connectivity index (χ0) is 18.6.